The van der Waals surface area contributed by atoms with Gasteiger partial charge in [0, 0.05) is 25.8 Å². The number of halogens is 1. The first-order valence-corrected chi connectivity index (χ1v) is 6.46. The molecule has 20 heavy (non-hydrogen) atoms. The van der Waals surface area contributed by atoms with Crippen LogP contribution in [0.3, 0.4) is 0 Å². The molecule has 0 bridgehead atoms. The molecule has 1 aromatic rings. The van der Waals surface area contributed by atoms with Crippen molar-refractivity contribution in [2.75, 3.05) is 26.7 Å². The van der Waals surface area contributed by atoms with E-state index in [1.807, 2.05) is 0 Å². The molecular weight excluding hydrogens is 259 g/mol. The molecule has 4 nitrogen and oxygen atoms in total. The summed E-state index contributed by atoms with van der Waals surface area (Å²) in [5, 5.41) is 0. The van der Waals surface area contributed by atoms with Crippen LogP contribution in [0.25, 0.3) is 0 Å². The second-order valence-electron chi connectivity index (χ2n) is 4.59. The third-order valence-corrected chi connectivity index (χ3v) is 3.30. The fourth-order valence-electron chi connectivity index (χ4n) is 2.22. The lowest BCUT2D eigenvalue weighted by atomic mass is 10.1. The fraction of sp³-hybridized carbons (Fsp3) is 0.400. The van der Waals surface area contributed by atoms with E-state index >= 15 is 0 Å². The van der Waals surface area contributed by atoms with E-state index in [4.69, 9.17) is 10.5 Å². The van der Waals surface area contributed by atoms with Gasteiger partial charge in [-0.3, -0.25) is 4.79 Å². The first kappa shape index (κ1) is 14.5. The first-order chi connectivity index (χ1) is 9.65. The molecular formula is C15H17FN2O2. The minimum Gasteiger partial charge on any atom is -0.380 e. The van der Waals surface area contributed by atoms with Gasteiger partial charge in [-0.05, 0) is 24.6 Å². The molecule has 0 spiro atoms. The molecule has 5 heteroatoms. The van der Waals surface area contributed by atoms with Crippen molar-refractivity contribution >= 4 is 5.91 Å². The van der Waals surface area contributed by atoms with Crippen molar-refractivity contribution in [3.05, 3.63) is 35.1 Å². The number of likely N-dealkylation sites (tertiary alicyclic amines) is 1. The quantitative estimate of drug-likeness (QED) is 0.820. The van der Waals surface area contributed by atoms with Gasteiger partial charge in [0.15, 0.2) is 0 Å². The van der Waals surface area contributed by atoms with Crippen LogP contribution in [0.2, 0.25) is 0 Å². The molecule has 1 heterocycles. The minimum absolute atomic E-state index is 0.0473. The number of ether oxygens (including phenoxy) is 1. The van der Waals surface area contributed by atoms with Crippen molar-refractivity contribution < 1.29 is 13.9 Å². The molecule has 1 aliphatic heterocycles. The lowest BCUT2D eigenvalue weighted by molar-refractivity contribution is 0.0723. The molecule has 0 saturated carbocycles. The molecule has 1 atom stereocenters. The van der Waals surface area contributed by atoms with Gasteiger partial charge in [-0.2, -0.15) is 0 Å². The van der Waals surface area contributed by atoms with E-state index in [1.165, 1.54) is 18.2 Å². The van der Waals surface area contributed by atoms with Crippen LogP contribution >= 0.6 is 0 Å². The maximum absolute atomic E-state index is 13.4. The molecule has 1 unspecified atom stereocenters. The van der Waals surface area contributed by atoms with Gasteiger partial charge in [0.2, 0.25) is 0 Å². The van der Waals surface area contributed by atoms with Crippen molar-refractivity contribution in [3.63, 3.8) is 0 Å². The second-order valence-corrected chi connectivity index (χ2v) is 4.59. The average molecular weight is 276 g/mol. The van der Waals surface area contributed by atoms with Gasteiger partial charge >= 0.3 is 0 Å². The molecule has 1 aliphatic rings. The van der Waals surface area contributed by atoms with Crippen LogP contribution in [0.1, 0.15) is 22.3 Å². The van der Waals surface area contributed by atoms with Crippen LogP contribution in [-0.4, -0.2) is 43.7 Å². The Labute approximate surface area is 117 Å². The van der Waals surface area contributed by atoms with Crippen molar-refractivity contribution in [2.24, 2.45) is 5.73 Å². The fourth-order valence-corrected chi connectivity index (χ4v) is 2.22. The summed E-state index contributed by atoms with van der Waals surface area (Å²) in [6.07, 6.45) is 0.840. The van der Waals surface area contributed by atoms with E-state index in [1.54, 1.807) is 12.0 Å². The highest BCUT2D eigenvalue weighted by Crippen LogP contribution is 2.18. The summed E-state index contributed by atoms with van der Waals surface area (Å²) in [4.78, 5) is 14.1. The lowest BCUT2D eigenvalue weighted by Gasteiger charge is -2.17. The maximum Gasteiger partial charge on any atom is 0.255 e. The summed E-state index contributed by atoms with van der Waals surface area (Å²) in [7, 11) is 1.62. The normalized spacial score (nSPS) is 17.8. The molecule has 1 aromatic carbocycles. The molecule has 0 aromatic heterocycles. The molecule has 0 aliphatic carbocycles. The number of carbonyl (C=O) groups excluding carboxylic acids is 1. The van der Waals surface area contributed by atoms with E-state index in [0.29, 0.717) is 18.7 Å². The molecule has 2 N–H and O–H groups in total. The highest BCUT2D eigenvalue weighted by Gasteiger charge is 2.28. The summed E-state index contributed by atoms with van der Waals surface area (Å²) >= 11 is 0. The maximum atomic E-state index is 13.4. The zero-order chi connectivity index (χ0) is 14.5. The van der Waals surface area contributed by atoms with E-state index in [2.05, 4.69) is 11.8 Å². The van der Waals surface area contributed by atoms with E-state index in [9.17, 15) is 9.18 Å². The number of amides is 1. The average Bonchev–Trinajstić information content (AvgIpc) is 2.94. The van der Waals surface area contributed by atoms with Crippen LogP contribution in [0.4, 0.5) is 4.39 Å². The predicted molar refractivity (Wildman–Crippen MR) is 73.6 cm³/mol. The van der Waals surface area contributed by atoms with Crippen LogP contribution in [0.15, 0.2) is 18.2 Å². The number of carbonyl (C=O) groups is 1. The summed E-state index contributed by atoms with van der Waals surface area (Å²) in [6.45, 7) is 1.33. The zero-order valence-electron chi connectivity index (χ0n) is 11.4. The van der Waals surface area contributed by atoms with Gasteiger partial charge in [0.05, 0.1) is 18.2 Å². The smallest absolute Gasteiger partial charge is 0.255 e. The number of rotatable bonds is 2. The van der Waals surface area contributed by atoms with Crippen LogP contribution in [0, 0.1) is 17.7 Å². The Kier molecular flexibility index (Phi) is 4.72. The number of nitrogens with two attached hydrogens (primary N) is 1. The molecule has 1 amide bonds. The van der Waals surface area contributed by atoms with Gasteiger partial charge in [-0.15, -0.1) is 0 Å². The Morgan fingerprint density at radius 2 is 2.40 bits per heavy atom. The van der Waals surface area contributed by atoms with E-state index in [0.717, 1.165) is 6.42 Å². The number of methoxy groups -OCH3 is 1. The van der Waals surface area contributed by atoms with Crippen molar-refractivity contribution in [1.29, 1.82) is 0 Å². The van der Waals surface area contributed by atoms with Gasteiger partial charge in [-0.25, -0.2) is 4.39 Å². The third-order valence-electron chi connectivity index (χ3n) is 3.30. The second kappa shape index (κ2) is 6.51. The van der Waals surface area contributed by atoms with E-state index in [-0.39, 0.29) is 24.1 Å². The number of hydrogen-bond acceptors (Lipinski definition) is 3. The summed E-state index contributed by atoms with van der Waals surface area (Å²) in [6, 6.07) is 4.03. The van der Waals surface area contributed by atoms with Gasteiger partial charge in [0.1, 0.15) is 5.82 Å². The number of nitrogens with zero attached hydrogens (tertiary/aromatic N) is 1. The standard InChI is InChI=1S/C15H17FN2O2/c1-20-13-6-8-18(10-13)15(19)14-9-12(16)5-4-11(14)3-2-7-17/h4-5,9,13H,6-8,10,17H2,1H3. The Bertz CT molecular complexity index is 563. The highest BCUT2D eigenvalue weighted by molar-refractivity contribution is 5.97. The molecule has 2 rings (SSSR count). The summed E-state index contributed by atoms with van der Waals surface area (Å²) in [5.41, 5.74) is 6.11. The minimum atomic E-state index is -0.450. The molecule has 0 radical (unpaired) electrons. The molecule has 1 saturated heterocycles. The Morgan fingerprint density at radius 1 is 1.60 bits per heavy atom. The number of hydrogen-bond donors (Lipinski definition) is 1. The summed E-state index contributed by atoms with van der Waals surface area (Å²) in [5.74, 6) is 4.83. The topological polar surface area (TPSA) is 55.6 Å². The van der Waals surface area contributed by atoms with Crippen molar-refractivity contribution in [3.8, 4) is 11.8 Å². The Hall–Kier alpha value is -1.90. The van der Waals surface area contributed by atoms with Crippen LogP contribution in [0.5, 0.6) is 0 Å². The Balaban J connectivity index is 2.27. The van der Waals surface area contributed by atoms with Gasteiger partial charge < -0.3 is 15.4 Å². The zero-order valence-corrected chi connectivity index (χ0v) is 11.4. The Morgan fingerprint density at radius 3 is 3.05 bits per heavy atom. The number of benzene rings is 1. The van der Waals surface area contributed by atoms with Crippen LogP contribution < -0.4 is 5.73 Å². The lowest BCUT2D eigenvalue weighted by Crippen LogP contribution is -2.30. The van der Waals surface area contributed by atoms with Crippen molar-refractivity contribution in [2.45, 2.75) is 12.5 Å². The largest absolute Gasteiger partial charge is 0.380 e. The van der Waals surface area contributed by atoms with Gasteiger partial charge in [0.25, 0.3) is 5.91 Å². The van der Waals surface area contributed by atoms with E-state index < -0.39 is 5.82 Å². The molecule has 106 valence electrons. The third kappa shape index (κ3) is 3.16. The van der Waals surface area contributed by atoms with Gasteiger partial charge in [-0.1, -0.05) is 11.8 Å². The summed E-state index contributed by atoms with van der Waals surface area (Å²) < 4.78 is 18.6. The SMILES string of the molecule is COC1CCN(C(=O)c2cc(F)ccc2C#CCN)C1. The highest BCUT2D eigenvalue weighted by atomic mass is 19.1. The van der Waals surface area contributed by atoms with Crippen LogP contribution in [-0.2, 0) is 4.74 Å². The van der Waals surface area contributed by atoms with Crippen molar-refractivity contribution in [1.82, 2.24) is 4.90 Å². The monoisotopic (exact) mass is 276 g/mol. The first-order valence-electron chi connectivity index (χ1n) is 6.46. The predicted octanol–water partition coefficient (Wildman–Crippen LogP) is 0.997. The molecule has 1 fully saturated rings.